The van der Waals surface area contributed by atoms with E-state index in [1.807, 2.05) is 30.3 Å². The Morgan fingerprint density at radius 3 is 2.27 bits per heavy atom. The number of hydrogen-bond donors (Lipinski definition) is 2. The van der Waals surface area contributed by atoms with Gasteiger partial charge in [0.25, 0.3) is 11.8 Å². The lowest BCUT2D eigenvalue weighted by Crippen LogP contribution is -2.47. The first-order valence-corrected chi connectivity index (χ1v) is 14.0. The summed E-state index contributed by atoms with van der Waals surface area (Å²) in [5, 5.41) is -0.426. The van der Waals surface area contributed by atoms with Gasteiger partial charge in [0.15, 0.2) is 0 Å². The summed E-state index contributed by atoms with van der Waals surface area (Å²) in [4.78, 5) is 55.2. The smallest absolute Gasteiger partial charge is 0.386 e. The molecule has 3 aromatic carbocycles. The molecule has 44 heavy (non-hydrogen) atoms. The van der Waals surface area contributed by atoms with Crippen molar-refractivity contribution in [1.29, 1.82) is 0 Å². The number of ether oxygens (including phenoxy) is 1. The summed E-state index contributed by atoms with van der Waals surface area (Å²) in [5.41, 5.74) is 7.57. The highest BCUT2D eigenvalue weighted by atomic mass is 32.1. The molecule has 1 heterocycles. The van der Waals surface area contributed by atoms with Gasteiger partial charge in [-0.1, -0.05) is 72.5 Å². The Kier molecular flexibility index (Phi) is 10.1. The van der Waals surface area contributed by atoms with Crippen molar-refractivity contribution in [2.24, 2.45) is 5.73 Å². The molecule has 3 unspecified atom stereocenters. The summed E-state index contributed by atoms with van der Waals surface area (Å²) in [7, 11) is 0. The number of rotatable bonds is 7. The average molecular weight is 624 g/mol. The van der Waals surface area contributed by atoms with Crippen LogP contribution in [0.5, 0.6) is 0 Å². The molecule has 3 aromatic rings. The van der Waals surface area contributed by atoms with Crippen LogP contribution in [-0.2, 0) is 25.7 Å². The third-order valence-electron chi connectivity index (χ3n) is 6.81. The minimum Gasteiger partial charge on any atom is -0.386 e. The predicted molar refractivity (Wildman–Crippen MR) is 159 cm³/mol. The first kappa shape index (κ1) is 32.3. The van der Waals surface area contributed by atoms with Crippen LogP contribution >= 0.6 is 12.6 Å². The molecule has 3 atom stereocenters. The normalized spacial score (nSPS) is 16.3. The number of carbonyl (C=O) groups is 4. The molecule has 1 aliphatic heterocycles. The zero-order valence-corrected chi connectivity index (χ0v) is 24.3. The van der Waals surface area contributed by atoms with Gasteiger partial charge in [-0.25, -0.2) is 4.79 Å². The molecule has 2 amide bonds. The zero-order valence-electron chi connectivity index (χ0n) is 23.5. The van der Waals surface area contributed by atoms with Gasteiger partial charge in [0.1, 0.15) is 6.04 Å². The maximum atomic E-state index is 14.5. The van der Waals surface area contributed by atoms with Crippen LogP contribution in [-0.4, -0.2) is 52.7 Å². The van der Waals surface area contributed by atoms with E-state index < -0.39 is 53.7 Å². The van der Waals surface area contributed by atoms with Crippen LogP contribution < -0.4 is 10.6 Å². The number of thiol groups is 1. The fourth-order valence-electron chi connectivity index (χ4n) is 4.75. The van der Waals surface area contributed by atoms with E-state index in [1.165, 1.54) is 17.9 Å². The molecule has 1 aliphatic rings. The van der Waals surface area contributed by atoms with Crippen LogP contribution in [0.1, 0.15) is 46.4 Å². The summed E-state index contributed by atoms with van der Waals surface area (Å²) in [5.74, 6) is 0.422. The number of fused-ring (bicyclic) bond motifs is 1. The van der Waals surface area contributed by atoms with E-state index >= 15 is 0 Å². The Morgan fingerprint density at radius 1 is 1.02 bits per heavy atom. The maximum Gasteiger partial charge on any atom is 0.491 e. The van der Waals surface area contributed by atoms with Crippen LogP contribution in [0, 0.1) is 11.8 Å². The predicted octanol–water partition coefficient (Wildman–Crippen LogP) is 4.44. The molecule has 0 aliphatic carbocycles. The number of nitrogens with zero attached hydrogens (tertiary/aromatic N) is 2. The summed E-state index contributed by atoms with van der Waals surface area (Å²) in [6.07, 6.45) is -6.18. The Labute approximate surface area is 257 Å². The van der Waals surface area contributed by atoms with Crippen LogP contribution in [0.2, 0.25) is 0 Å². The highest BCUT2D eigenvalue weighted by Gasteiger charge is 2.45. The Morgan fingerprint density at radius 2 is 1.66 bits per heavy atom. The molecule has 4 rings (SSSR count). The topological polar surface area (TPSA) is 110 Å². The summed E-state index contributed by atoms with van der Waals surface area (Å²) >= 11 is 4.28. The lowest BCUT2D eigenvalue weighted by molar-refractivity contribution is -0.202. The van der Waals surface area contributed by atoms with Gasteiger partial charge in [0.05, 0.1) is 29.5 Å². The first-order chi connectivity index (χ1) is 20.9. The van der Waals surface area contributed by atoms with Crippen LogP contribution in [0.25, 0.3) is 0 Å². The number of alkyl halides is 3. The molecular weight excluding hydrogens is 595 g/mol. The van der Waals surface area contributed by atoms with Crippen molar-refractivity contribution in [3.05, 3.63) is 101 Å². The van der Waals surface area contributed by atoms with Gasteiger partial charge in [0, 0.05) is 18.2 Å². The molecule has 0 saturated carbocycles. The van der Waals surface area contributed by atoms with E-state index in [9.17, 15) is 32.3 Å². The van der Waals surface area contributed by atoms with E-state index in [1.54, 1.807) is 42.5 Å². The molecular formula is C32H28F3N3O5S. The van der Waals surface area contributed by atoms with Crippen molar-refractivity contribution in [2.75, 3.05) is 11.4 Å². The SMILES string of the molecule is CC(CC(=O)OC(=O)C(F)(F)F)N1C(=O)c2cc(C#CC(S)CN)ccc2N(Cc2ccccc2)C(=O)C1c1ccccc1. The average Bonchev–Trinajstić information content (AvgIpc) is 3.08. The van der Waals surface area contributed by atoms with Crippen LogP contribution in [0.4, 0.5) is 18.9 Å². The number of benzene rings is 3. The van der Waals surface area contributed by atoms with Crippen LogP contribution in [0.3, 0.4) is 0 Å². The Balaban J connectivity index is 1.85. The monoisotopic (exact) mass is 623 g/mol. The largest absolute Gasteiger partial charge is 0.491 e. The van der Waals surface area contributed by atoms with Gasteiger partial charge in [-0.15, -0.1) is 0 Å². The van der Waals surface area contributed by atoms with Gasteiger partial charge >= 0.3 is 18.1 Å². The second kappa shape index (κ2) is 13.8. The second-order valence-electron chi connectivity index (χ2n) is 10.0. The van der Waals surface area contributed by atoms with Gasteiger partial charge in [-0.05, 0) is 36.2 Å². The Bertz CT molecular complexity index is 1610. The number of halogens is 3. The number of anilines is 1. The van der Waals surface area contributed by atoms with E-state index in [4.69, 9.17) is 5.73 Å². The van der Waals surface area contributed by atoms with E-state index in [0.717, 1.165) is 10.5 Å². The Hall–Kier alpha value is -4.60. The van der Waals surface area contributed by atoms with Gasteiger partial charge in [0.2, 0.25) is 0 Å². The highest BCUT2D eigenvalue weighted by Crippen LogP contribution is 2.38. The molecule has 0 aromatic heterocycles. The molecule has 0 radical (unpaired) electrons. The number of carbonyl (C=O) groups excluding carboxylic acids is 4. The lowest BCUT2D eigenvalue weighted by atomic mass is 10.0. The van der Waals surface area contributed by atoms with Crippen molar-refractivity contribution in [2.45, 2.75) is 43.4 Å². The molecule has 0 bridgehead atoms. The van der Waals surface area contributed by atoms with E-state index in [0.29, 0.717) is 11.1 Å². The van der Waals surface area contributed by atoms with Gasteiger partial charge in [-0.3, -0.25) is 14.4 Å². The summed E-state index contributed by atoms with van der Waals surface area (Å²) < 4.78 is 42.2. The zero-order chi connectivity index (χ0) is 32.0. The van der Waals surface area contributed by atoms with Gasteiger partial charge < -0.3 is 20.3 Å². The number of esters is 2. The number of hydrogen-bond acceptors (Lipinski definition) is 7. The second-order valence-corrected chi connectivity index (χ2v) is 10.6. The third kappa shape index (κ3) is 7.48. The maximum absolute atomic E-state index is 14.5. The summed E-state index contributed by atoms with van der Waals surface area (Å²) in [6.45, 7) is 1.67. The van der Waals surface area contributed by atoms with Crippen molar-refractivity contribution in [3.8, 4) is 11.8 Å². The molecule has 0 saturated heterocycles. The minimum absolute atomic E-state index is 0.0783. The van der Waals surface area contributed by atoms with Crippen molar-refractivity contribution >= 4 is 42.1 Å². The van der Waals surface area contributed by atoms with Crippen molar-refractivity contribution in [3.63, 3.8) is 0 Å². The number of nitrogens with two attached hydrogens (primary N) is 1. The molecule has 2 N–H and O–H groups in total. The molecule has 12 heteroatoms. The molecule has 0 fully saturated rings. The van der Waals surface area contributed by atoms with Gasteiger partial charge in [-0.2, -0.15) is 25.8 Å². The molecule has 0 spiro atoms. The lowest BCUT2D eigenvalue weighted by Gasteiger charge is -2.35. The first-order valence-electron chi connectivity index (χ1n) is 13.5. The highest BCUT2D eigenvalue weighted by molar-refractivity contribution is 7.81. The van der Waals surface area contributed by atoms with Crippen molar-refractivity contribution < 1.29 is 37.1 Å². The summed E-state index contributed by atoms with van der Waals surface area (Å²) in [6, 6.07) is 19.7. The molecule has 228 valence electrons. The number of amides is 2. The quantitative estimate of drug-likeness (QED) is 0.174. The van der Waals surface area contributed by atoms with Crippen LogP contribution in [0.15, 0.2) is 78.9 Å². The molecule has 8 nitrogen and oxygen atoms in total. The third-order valence-corrected chi connectivity index (χ3v) is 7.15. The fourth-order valence-corrected chi connectivity index (χ4v) is 4.82. The van der Waals surface area contributed by atoms with E-state index in [2.05, 4.69) is 29.2 Å². The standard InChI is InChI=1S/C32H28F3N3O5S/c1-20(16-27(39)43-31(42)32(33,34)35)38-28(23-10-6-3-7-11-23)30(41)37(19-22-8-4-2-5-9-22)26-15-13-21(12-14-24(44)18-36)17-25(26)29(38)40/h2-11,13,15,17,20,24,28,44H,16,18-19,36H2,1H3. The van der Waals surface area contributed by atoms with E-state index in [-0.39, 0.29) is 24.3 Å². The van der Waals surface area contributed by atoms with Crippen molar-refractivity contribution in [1.82, 2.24) is 4.90 Å². The minimum atomic E-state index is -5.38. The fraction of sp³-hybridized carbons (Fsp3) is 0.250.